The quantitative estimate of drug-likeness (QED) is 0.582. The molecule has 2 rings (SSSR count). The minimum Gasteiger partial charge on any atom is -0.389 e. The van der Waals surface area contributed by atoms with Crippen molar-refractivity contribution in [3.8, 4) is 0 Å². The Labute approximate surface area is 92.4 Å². The summed E-state index contributed by atoms with van der Waals surface area (Å²) in [6.45, 7) is 2.71. The molecule has 0 amide bonds. The van der Waals surface area contributed by atoms with Gasteiger partial charge in [-0.2, -0.15) is 5.10 Å². The van der Waals surface area contributed by atoms with Crippen molar-refractivity contribution in [3.63, 3.8) is 0 Å². The van der Waals surface area contributed by atoms with Crippen molar-refractivity contribution in [1.82, 2.24) is 9.78 Å². The van der Waals surface area contributed by atoms with Gasteiger partial charge >= 0.3 is 5.69 Å². The first-order valence-electron chi connectivity index (χ1n) is 5.17. The number of aliphatic hydroxyl groups excluding tert-OH is 1. The van der Waals surface area contributed by atoms with Crippen LogP contribution >= 0.6 is 0 Å². The average molecular weight is 226 g/mol. The number of aliphatic hydroxyl groups is 1. The second-order valence-corrected chi connectivity index (χ2v) is 3.91. The first kappa shape index (κ1) is 10.9. The molecule has 1 N–H and O–H groups in total. The van der Waals surface area contributed by atoms with E-state index in [4.69, 9.17) is 0 Å². The Morgan fingerprint density at radius 1 is 1.62 bits per heavy atom. The number of hydrogen-bond acceptors (Lipinski definition) is 5. The summed E-state index contributed by atoms with van der Waals surface area (Å²) in [5, 5.41) is 24.4. The molecule has 1 fully saturated rings. The van der Waals surface area contributed by atoms with Gasteiger partial charge in [0.15, 0.2) is 0 Å². The van der Waals surface area contributed by atoms with Gasteiger partial charge in [0.1, 0.15) is 5.69 Å². The highest BCUT2D eigenvalue weighted by molar-refractivity contribution is 5.63. The van der Waals surface area contributed by atoms with Crippen molar-refractivity contribution in [1.29, 1.82) is 0 Å². The van der Waals surface area contributed by atoms with E-state index in [-0.39, 0.29) is 11.8 Å². The van der Waals surface area contributed by atoms with E-state index in [0.717, 1.165) is 0 Å². The molecule has 2 heterocycles. The highest BCUT2D eigenvalue weighted by Gasteiger charge is 2.35. The molecule has 7 nitrogen and oxygen atoms in total. The summed E-state index contributed by atoms with van der Waals surface area (Å²) in [5.41, 5.74) is 0.556. The van der Waals surface area contributed by atoms with Gasteiger partial charge < -0.3 is 10.0 Å². The molecular weight excluding hydrogens is 212 g/mol. The maximum atomic E-state index is 11.0. The van der Waals surface area contributed by atoms with Crippen LogP contribution in [-0.2, 0) is 13.5 Å². The molecule has 1 saturated heterocycles. The zero-order valence-electron chi connectivity index (χ0n) is 9.25. The Balaban J connectivity index is 2.42. The van der Waals surface area contributed by atoms with E-state index in [9.17, 15) is 15.2 Å². The Morgan fingerprint density at radius 2 is 2.25 bits per heavy atom. The van der Waals surface area contributed by atoms with Crippen LogP contribution in [-0.4, -0.2) is 39.0 Å². The van der Waals surface area contributed by atoms with Crippen LogP contribution in [0, 0.1) is 10.1 Å². The first-order valence-corrected chi connectivity index (χ1v) is 5.17. The van der Waals surface area contributed by atoms with E-state index in [2.05, 4.69) is 5.10 Å². The summed E-state index contributed by atoms with van der Waals surface area (Å²) in [6, 6.07) is 0. The number of nitro groups is 1. The van der Waals surface area contributed by atoms with E-state index < -0.39 is 4.92 Å². The third-order valence-electron chi connectivity index (χ3n) is 2.74. The Kier molecular flexibility index (Phi) is 2.55. The number of nitrogens with zero attached hydrogens (tertiary/aromatic N) is 4. The average Bonchev–Trinajstić information content (AvgIpc) is 2.50. The van der Waals surface area contributed by atoms with Gasteiger partial charge in [-0.1, -0.05) is 6.92 Å². The molecule has 88 valence electrons. The van der Waals surface area contributed by atoms with Crippen LogP contribution in [0.15, 0.2) is 0 Å². The second kappa shape index (κ2) is 3.75. The summed E-state index contributed by atoms with van der Waals surface area (Å²) in [7, 11) is 1.69. The lowest BCUT2D eigenvalue weighted by Gasteiger charge is -2.36. The molecule has 0 aliphatic carbocycles. The predicted octanol–water partition coefficient (Wildman–Crippen LogP) is 0.0716. The van der Waals surface area contributed by atoms with E-state index in [1.165, 1.54) is 4.68 Å². The Morgan fingerprint density at radius 3 is 2.69 bits per heavy atom. The van der Waals surface area contributed by atoms with Crippen LogP contribution in [0.5, 0.6) is 0 Å². The zero-order valence-corrected chi connectivity index (χ0v) is 9.25. The normalized spacial score (nSPS) is 16.3. The Bertz CT molecular complexity index is 423. The molecular formula is C9H14N4O3. The summed E-state index contributed by atoms with van der Waals surface area (Å²) < 4.78 is 1.52. The van der Waals surface area contributed by atoms with Gasteiger partial charge in [-0.3, -0.25) is 10.1 Å². The van der Waals surface area contributed by atoms with Crippen molar-refractivity contribution < 1.29 is 10.0 Å². The molecule has 1 aliphatic heterocycles. The lowest BCUT2D eigenvalue weighted by Crippen LogP contribution is -2.51. The first-order chi connectivity index (χ1) is 7.54. The lowest BCUT2D eigenvalue weighted by molar-refractivity contribution is -0.384. The van der Waals surface area contributed by atoms with Crippen molar-refractivity contribution in [3.05, 3.63) is 15.8 Å². The molecule has 1 aromatic rings. The van der Waals surface area contributed by atoms with E-state index in [1.807, 2.05) is 6.92 Å². The number of aryl methyl sites for hydroxylation is 2. The minimum atomic E-state index is -0.397. The molecule has 0 atom stereocenters. The molecule has 0 radical (unpaired) electrons. The highest BCUT2D eigenvalue weighted by atomic mass is 16.6. The van der Waals surface area contributed by atoms with Crippen molar-refractivity contribution >= 4 is 11.5 Å². The molecule has 0 bridgehead atoms. The van der Waals surface area contributed by atoms with Crippen LogP contribution in [0.3, 0.4) is 0 Å². The molecule has 16 heavy (non-hydrogen) atoms. The van der Waals surface area contributed by atoms with Gasteiger partial charge in [-0.25, -0.2) is 4.68 Å². The van der Waals surface area contributed by atoms with Gasteiger partial charge in [0, 0.05) is 20.1 Å². The molecule has 0 spiro atoms. The third kappa shape index (κ3) is 1.53. The van der Waals surface area contributed by atoms with E-state index >= 15 is 0 Å². The maximum absolute atomic E-state index is 11.0. The van der Waals surface area contributed by atoms with Crippen LogP contribution in [0.1, 0.15) is 12.6 Å². The second-order valence-electron chi connectivity index (χ2n) is 3.91. The van der Waals surface area contributed by atoms with Gasteiger partial charge in [0.2, 0.25) is 5.82 Å². The topological polar surface area (TPSA) is 84.4 Å². The van der Waals surface area contributed by atoms with Crippen molar-refractivity contribution in [2.75, 3.05) is 18.0 Å². The van der Waals surface area contributed by atoms with Crippen LogP contribution < -0.4 is 4.90 Å². The third-order valence-corrected chi connectivity index (χ3v) is 2.74. The largest absolute Gasteiger partial charge is 0.389 e. The molecule has 7 heteroatoms. The number of β-amino-alcohol motifs (C(OH)–C–C–N with tert-alkyl or cyclic N) is 1. The Hall–Kier alpha value is -1.63. The van der Waals surface area contributed by atoms with Crippen molar-refractivity contribution in [2.24, 2.45) is 7.05 Å². The van der Waals surface area contributed by atoms with Gasteiger partial charge in [-0.15, -0.1) is 0 Å². The SMILES string of the molecule is CCc1nn(C)c(N2CC(O)C2)c1[N+](=O)[O-]. The fourth-order valence-corrected chi connectivity index (χ4v) is 1.97. The minimum absolute atomic E-state index is 0.0666. The van der Waals surface area contributed by atoms with Crippen molar-refractivity contribution in [2.45, 2.75) is 19.4 Å². The number of hydrogen-bond donors (Lipinski definition) is 1. The van der Waals surface area contributed by atoms with Crippen LogP contribution in [0.25, 0.3) is 0 Å². The smallest absolute Gasteiger partial charge is 0.334 e. The standard InChI is InChI=1S/C9H14N4O3/c1-3-7-8(13(15)16)9(11(2)10-7)12-4-6(14)5-12/h6,14H,3-5H2,1-2H3. The summed E-state index contributed by atoms with van der Waals surface area (Å²) >= 11 is 0. The van der Waals surface area contributed by atoms with E-state index in [1.54, 1.807) is 11.9 Å². The monoisotopic (exact) mass is 226 g/mol. The number of rotatable bonds is 3. The summed E-state index contributed by atoms with van der Waals surface area (Å²) in [5.74, 6) is 0.493. The summed E-state index contributed by atoms with van der Waals surface area (Å²) in [6.07, 6.45) is 0.139. The molecule has 0 unspecified atom stereocenters. The number of anilines is 1. The molecule has 0 aromatic carbocycles. The fraction of sp³-hybridized carbons (Fsp3) is 0.667. The highest BCUT2D eigenvalue weighted by Crippen LogP contribution is 2.34. The van der Waals surface area contributed by atoms with Gasteiger partial charge in [-0.05, 0) is 6.42 Å². The van der Waals surface area contributed by atoms with Crippen LogP contribution in [0.4, 0.5) is 11.5 Å². The predicted molar refractivity (Wildman–Crippen MR) is 57.5 cm³/mol. The van der Waals surface area contributed by atoms with Gasteiger partial charge in [0.05, 0.1) is 11.0 Å². The zero-order chi connectivity index (χ0) is 11.9. The number of aromatic nitrogens is 2. The molecule has 1 aliphatic rings. The molecule has 0 saturated carbocycles. The van der Waals surface area contributed by atoms with Crippen LogP contribution in [0.2, 0.25) is 0 Å². The fourth-order valence-electron chi connectivity index (χ4n) is 1.97. The van der Waals surface area contributed by atoms with E-state index in [0.29, 0.717) is 31.0 Å². The lowest BCUT2D eigenvalue weighted by atomic mass is 10.1. The molecule has 1 aromatic heterocycles. The maximum Gasteiger partial charge on any atom is 0.334 e. The summed E-state index contributed by atoms with van der Waals surface area (Å²) in [4.78, 5) is 12.4. The van der Waals surface area contributed by atoms with Gasteiger partial charge in [0.25, 0.3) is 0 Å².